The summed E-state index contributed by atoms with van der Waals surface area (Å²) >= 11 is 0. The Hall–Kier alpha value is -2.57. The van der Waals surface area contributed by atoms with Crippen molar-refractivity contribution >= 4 is 17.9 Å². The fraction of sp³-hybridized carbons (Fsp3) is 0.690. The monoisotopic (exact) mass is 503 g/mol. The lowest BCUT2D eigenvalue weighted by Gasteiger charge is -2.23. The highest BCUT2D eigenvalue weighted by Gasteiger charge is 2.26. The molecule has 7 nitrogen and oxygen atoms in total. The van der Waals surface area contributed by atoms with Gasteiger partial charge in [0.1, 0.15) is 12.6 Å². The third kappa shape index (κ3) is 14.7. The average Bonchev–Trinajstić information content (AvgIpc) is 2.88. The Morgan fingerprint density at radius 1 is 0.806 bits per heavy atom. The van der Waals surface area contributed by atoms with Crippen LogP contribution in [0.5, 0.6) is 0 Å². The number of nitrogens with one attached hydrogen (secondary N) is 3. The van der Waals surface area contributed by atoms with Gasteiger partial charge in [-0.2, -0.15) is 0 Å². The number of hydrogen-bond donors (Lipinski definition) is 3. The molecule has 3 atom stereocenters. The fourth-order valence-electron chi connectivity index (χ4n) is 3.81. The summed E-state index contributed by atoms with van der Waals surface area (Å²) in [7, 11) is 0. The lowest BCUT2D eigenvalue weighted by Crippen LogP contribution is -2.50. The van der Waals surface area contributed by atoms with Crippen molar-refractivity contribution in [3.63, 3.8) is 0 Å². The van der Waals surface area contributed by atoms with E-state index < -0.39 is 12.1 Å². The van der Waals surface area contributed by atoms with E-state index in [0.29, 0.717) is 18.9 Å². The summed E-state index contributed by atoms with van der Waals surface area (Å²) in [5, 5.41) is 8.73. The molecule has 1 aromatic rings. The van der Waals surface area contributed by atoms with Crippen LogP contribution >= 0.6 is 0 Å². The molecule has 0 fully saturated rings. The Labute approximate surface area is 218 Å². The van der Waals surface area contributed by atoms with Gasteiger partial charge >= 0.3 is 6.09 Å². The Bertz CT molecular complexity index is 741. The van der Waals surface area contributed by atoms with Crippen LogP contribution in [-0.2, 0) is 20.9 Å². The van der Waals surface area contributed by atoms with Crippen molar-refractivity contribution in [3.05, 3.63) is 35.9 Å². The molecular formula is C29H49N3O4. The van der Waals surface area contributed by atoms with Crippen molar-refractivity contribution in [2.45, 2.75) is 105 Å². The van der Waals surface area contributed by atoms with Crippen LogP contribution in [-0.4, -0.2) is 37.0 Å². The van der Waals surface area contributed by atoms with Gasteiger partial charge in [-0.05, 0) is 30.2 Å². The van der Waals surface area contributed by atoms with Crippen molar-refractivity contribution in [2.24, 2.45) is 11.8 Å². The molecular weight excluding hydrogens is 454 g/mol. The van der Waals surface area contributed by atoms with Crippen LogP contribution in [0.4, 0.5) is 4.79 Å². The van der Waals surface area contributed by atoms with E-state index in [0.717, 1.165) is 57.1 Å². The number of unbranched alkanes of at least 4 members (excludes halogenated alkanes) is 6. The van der Waals surface area contributed by atoms with Crippen molar-refractivity contribution in [2.75, 3.05) is 13.1 Å². The maximum atomic E-state index is 12.7. The first-order valence-corrected chi connectivity index (χ1v) is 13.9. The zero-order valence-corrected chi connectivity index (χ0v) is 22.9. The Kier molecular flexibility index (Phi) is 17.1. The summed E-state index contributed by atoms with van der Waals surface area (Å²) < 4.78 is 5.29. The van der Waals surface area contributed by atoms with Crippen LogP contribution < -0.4 is 16.0 Å². The number of ether oxygens (including phenoxy) is 1. The van der Waals surface area contributed by atoms with E-state index in [9.17, 15) is 14.4 Å². The summed E-state index contributed by atoms with van der Waals surface area (Å²) in [6.07, 6.45) is 9.47. The third-order valence-electron chi connectivity index (χ3n) is 6.69. The molecule has 0 aliphatic rings. The Balaban J connectivity index is 2.13. The SMILES string of the molecule is CCC(C)CC(=O)NCCCCCCCCCNC(=O)C(NC(=O)OCc1ccccc1)C(C)CC. The molecule has 0 aliphatic carbocycles. The highest BCUT2D eigenvalue weighted by molar-refractivity contribution is 5.85. The molecule has 0 spiro atoms. The zero-order valence-electron chi connectivity index (χ0n) is 22.9. The first-order chi connectivity index (χ1) is 17.4. The lowest BCUT2D eigenvalue weighted by molar-refractivity contribution is -0.124. The van der Waals surface area contributed by atoms with E-state index in [1.54, 1.807) is 0 Å². The first-order valence-electron chi connectivity index (χ1n) is 13.9. The highest BCUT2D eigenvalue weighted by Crippen LogP contribution is 2.10. The van der Waals surface area contributed by atoms with Crippen molar-refractivity contribution in [1.82, 2.24) is 16.0 Å². The second-order valence-corrected chi connectivity index (χ2v) is 9.90. The van der Waals surface area contributed by atoms with E-state index in [1.807, 2.05) is 44.2 Å². The van der Waals surface area contributed by atoms with Crippen LogP contribution in [0.1, 0.15) is 97.5 Å². The first kappa shape index (κ1) is 31.5. The van der Waals surface area contributed by atoms with E-state index in [1.165, 1.54) is 12.8 Å². The summed E-state index contributed by atoms with van der Waals surface area (Å²) in [5.41, 5.74) is 0.904. The van der Waals surface area contributed by atoms with Gasteiger partial charge in [0.25, 0.3) is 0 Å². The number of amides is 3. The molecule has 3 amide bonds. The van der Waals surface area contributed by atoms with Gasteiger partial charge in [-0.15, -0.1) is 0 Å². The predicted octanol–water partition coefficient (Wildman–Crippen LogP) is 5.73. The van der Waals surface area contributed by atoms with Crippen molar-refractivity contribution < 1.29 is 19.1 Å². The topological polar surface area (TPSA) is 96.5 Å². The van der Waals surface area contributed by atoms with E-state index in [2.05, 4.69) is 29.8 Å². The van der Waals surface area contributed by atoms with Crippen LogP contribution in [0.25, 0.3) is 0 Å². The summed E-state index contributed by atoms with van der Waals surface area (Å²) in [6.45, 7) is 9.73. The molecule has 36 heavy (non-hydrogen) atoms. The number of carbonyl (C=O) groups excluding carboxylic acids is 3. The van der Waals surface area contributed by atoms with Gasteiger partial charge in [0, 0.05) is 19.5 Å². The molecule has 0 saturated carbocycles. The Morgan fingerprint density at radius 3 is 1.97 bits per heavy atom. The van der Waals surface area contributed by atoms with Crippen molar-refractivity contribution in [3.8, 4) is 0 Å². The zero-order chi connectivity index (χ0) is 26.6. The van der Waals surface area contributed by atoms with Crippen LogP contribution in [0.2, 0.25) is 0 Å². The largest absolute Gasteiger partial charge is 0.445 e. The molecule has 0 radical (unpaired) electrons. The maximum Gasteiger partial charge on any atom is 0.408 e. The number of rotatable bonds is 19. The minimum absolute atomic E-state index is 0.00843. The van der Waals surface area contributed by atoms with Gasteiger partial charge in [0.15, 0.2) is 0 Å². The molecule has 0 bridgehead atoms. The predicted molar refractivity (Wildman–Crippen MR) is 145 cm³/mol. The summed E-state index contributed by atoms with van der Waals surface area (Å²) in [6, 6.07) is 8.87. The van der Waals surface area contributed by atoms with Crippen LogP contribution in [0.3, 0.4) is 0 Å². The quantitative estimate of drug-likeness (QED) is 0.210. The molecule has 0 saturated heterocycles. The smallest absolute Gasteiger partial charge is 0.408 e. The normalized spacial score (nSPS) is 13.3. The van der Waals surface area contributed by atoms with Crippen LogP contribution in [0, 0.1) is 11.8 Å². The minimum Gasteiger partial charge on any atom is -0.445 e. The van der Waals surface area contributed by atoms with Gasteiger partial charge in [-0.1, -0.05) is 103 Å². The van der Waals surface area contributed by atoms with Gasteiger partial charge in [-0.25, -0.2) is 4.79 Å². The molecule has 0 aromatic heterocycles. The second kappa shape index (κ2) is 19.6. The summed E-state index contributed by atoms with van der Waals surface area (Å²) in [5.74, 6) is 0.472. The number of alkyl carbamates (subject to hydrolysis) is 1. The highest BCUT2D eigenvalue weighted by atomic mass is 16.5. The van der Waals surface area contributed by atoms with Crippen LogP contribution in [0.15, 0.2) is 30.3 Å². The van der Waals surface area contributed by atoms with Gasteiger partial charge in [-0.3, -0.25) is 9.59 Å². The molecule has 0 heterocycles. The van der Waals surface area contributed by atoms with E-state index in [-0.39, 0.29) is 24.3 Å². The second-order valence-electron chi connectivity index (χ2n) is 9.90. The number of hydrogen-bond acceptors (Lipinski definition) is 4. The lowest BCUT2D eigenvalue weighted by atomic mass is 9.98. The molecule has 3 unspecified atom stereocenters. The maximum absolute atomic E-state index is 12.7. The third-order valence-corrected chi connectivity index (χ3v) is 6.69. The number of carbonyl (C=O) groups is 3. The van der Waals surface area contributed by atoms with Crippen molar-refractivity contribution in [1.29, 1.82) is 0 Å². The molecule has 1 aromatic carbocycles. The average molecular weight is 504 g/mol. The molecule has 7 heteroatoms. The van der Waals surface area contributed by atoms with Gasteiger partial charge in [0.05, 0.1) is 0 Å². The standard InChI is InChI=1S/C29H49N3O4/c1-5-23(3)21-26(33)30-19-15-10-8-7-9-11-16-20-31-28(34)27(24(4)6-2)32-29(35)36-22-25-17-13-12-14-18-25/h12-14,17-18,23-24,27H,5-11,15-16,19-22H2,1-4H3,(H,30,33)(H,31,34)(H,32,35). The summed E-state index contributed by atoms with van der Waals surface area (Å²) in [4.78, 5) is 36.7. The number of benzene rings is 1. The van der Waals surface area contributed by atoms with E-state index in [4.69, 9.17) is 4.74 Å². The molecule has 1 rings (SSSR count). The fourth-order valence-corrected chi connectivity index (χ4v) is 3.81. The van der Waals surface area contributed by atoms with E-state index >= 15 is 0 Å². The molecule has 204 valence electrons. The molecule has 0 aliphatic heterocycles. The molecule has 3 N–H and O–H groups in total. The van der Waals surface area contributed by atoms with Gasteiger partial charge < -0.3 is 20.7 Å². The Morgan fingerprint density at radius 2 is 1.39 bits per heavy atom. The minimum atomic E-state index is -0.607. The van der Waals surface area contributed by atoms with Gasteiger partial charge in [0.2, 0.25) is 11.8 Å².